The molecule has 7 nitrogen and oxygen atoms in total. The van der Waals surface area contributed by atoms with Crippen LogP contribution in [0, 0.1) is 11.3 Å². The van der Waals surface area contributed by atoms with Crippen molar-refractivity contribution in [1.82, 2.24) is 10.2 Å². The first kappa shape index (κ1) is 9.69. The lowest BCUT2D eigenvalue weighted by molar-refractivity contribution is 0.604. The van der Waals surface area contributed by atoms with Gasteiger partial charge in [0.15, 0.2) is 5.75 Å². The monoisotopic (exact) mass is 219 g/mol. The Morgan fingerprint density at radius 1 is 1.62 bits per heavy atom. The Morgan fingerprint density at radius 2 is 2.31 bits per heavy atom. The maximum atomic E-state index is 11.0. The van der Waals surface area contributed by atoms with Gasteiger partial charge in [-0.15, -0.1) is 10.2 Å². The highest BCUT2D eigenvalue weighted by Gasteiger charge is 2.12. The van der Waals surface area contributed by atoms with E-state index in [1.54, 1.807) is 0 Å². The van der Waals surface area contributed by atoms with Gasteiger partial charge in [-0.3, -0.25) is 4.72 Å². The summed E-state index contributed by atoms with van der Waals surface area (Å²) in [6.45, 7) is 0. The smallest absolute Gasteiger partial charge is 0.248 e. The molecule has 0 amide bonds. The van der Waals surface area contributed by atoms with Crippen LogP contribution in [-0.2, 0) is 10.0 Å². The van der Waals surface area contributed by atoms with Crippen LogP contribution in [0.25, 0.3) is 0 Å². The van der Waals surface area contributed by atoms with E-state index in [0.29, 0.717) is 0 Å². The van der Waals surface area contributed by atoms with E-state index in [1.807, 2.05) is 0 Å². The summed E-state index contributed by atoms with van der Waals surface area (Å²) in [5.41, 5.74) is 5.22. The zero-order chi connectivity index (χ0) is 9.90. The molecule has 13 heavy (non-hydrogen) atoms. The van der Waals surface area contributed by atoms with Gasteiger partial charge in [-0.05, 0) is 0 Å². The SMILES string of the molecule is N#CCS(=O)(=O)Nc1nnc(N)s1. The molecule has 1 aromatic heterocycles. The zero-order valence-electron chi connectivity index (χ0n) is 6.26. The second-order valence-electron chi connectivity index (χ2n) is 1.96. The van der Waals surface area contributed by atoms with E-state index >= 15 is 0 Å². The van der Waals surface area contributed by atoms with E-state index in [0.717, 1.165) is 11.3 Å². The average molecular weight is 219 g/mol. The van der Waals surface area contributed by atoms with Gasteiger partial charge in [0.05, 0.1) is 6.07 Å². The molecule has 0 unspecified atom stereocenters. The van der Waals surface area contributed by atoms with Crippen LogP contribution < -0.4 is 10.5 Å². The fourth-order valence-corrected chi connectivity index (χ4v) is 1.99. The van der Waals surface area contributed by atoms with E-state index in [2.05, 4.69) is 14.9 Å². The molecular formula is C4H5N5O2S2. The number of anilines is 2. The van der Waals surface area contributed by atoms with Crippen LogP contribution in [0.1, 0.15) is 0 Å². The van der Waals surface area contributed by atoms with Gasteiger partial charge < -0.3 is 5.73 Å². The maximum Gasteiger partial charge on any atom is 0.248 e. The Morgan fingerprint density at radius 3 is 2.77 bits per heavy atom. The quantitative estimate of drug-likeness (QED) is 0.699. The topological polar surface area (TPSA) is 122 Å². The van der Waals surface area contributed by atoms with E-state index in [-0.39, 0.29) is 10.3 Å². The predicted molar refractivity (Wildman–Crippen MR) is 47.3 cm³/mol. The second kappa shape index (κ2) is 3.55. The standard InChI is InChI=1S/C4H5N5O2S2/c5-1-2-13(10,11)9-4-8-7-3(6)12-4/h2H2,(H2,6,7)(H,8,9). The van der Waals surface area contributed by atoms with Crippen molar-refractivity contribution in [2.75, 3.05) is 16.2 Å². The van der Waals surface area contributed by atoms with Crippen molar-refractivity contribution in [1.29, 1.82) is 5.26 Å². The van der Waals surface area contributed by atoms with Crippen molar-refractivity contribution in [3.8, 4) is 6.07 Å². The average Bonchev–Trinajstić information content (AvgIpc) is 2.34. The lowest BCUT2D eigenvalue weighted by atomic mass is 10.9. The number of nitrogens with zero attached hydrogens (tertiary/aromatic N) is 3. The molecule has 0 saturated carbocycles. The van der Waals surface area contributed by atoms with Crippen molar-refractivity contribution < 1.29 is 8.42 Å². The predicted octanol–water partition coefficient (Wildman–Crippen LogP) is -0.614. The van der Waals surface area contributed by atoms with E-state index in [4.69, 9.17) is 11.0 Å². The summed E-state index contributed by atoms with van der Waals surface area (Å²) >= 11 is 0.896. The molecule has 0 aliphatic heterocycles. The molecular weight excluding hydrogens is 214 g/mol. The molecule has 9 heteroatoms. The van der Waals surface area contributed by atoms with Gasteiger partial charge in [-0.2, -0.15) is 5.26 Å². The van der Waals surface area contributed by atoms with E-state index in [1.165, 1.54) is 6.07 Å². The summed E-state index contributed by atoms with van der Waals surface area (Å²) in [4.78, 5) is 0. The number of hydrogen-bond acceptors (Lipinski definition) is 7. The van der Waals surface area contributed by atoms with Crippen LogP contribution in [-0.4, -0.2) is 24.4 Å². The molecule has 0 fully saturated rings. The first-order valence-electron chi connectivity index (χ1n) is 3.00. The number of nitrogens with two attached hydrogens (primary N) is 1. The van der Waals surface area contributed by atoms with Gasteiger partial charge in [-0.1, -0.05) is 11.3 Å². The van der Waals surface area contributed by atoms with E-state index in [9.17, 15) is 8.42 Å². The van der Waals surface area contributed by atoms with Crippen LogP contribution >= 0.6 is 11.3 Å². The van der Waals surface area contributed by atoms with Crippen molar-refractivity contribution in [2.45, 2.75) is 0 Å². The molecule has 1 aromatic rings. The molecule has 1 rings (SSSR count). The number of nitrogen functional groups attached to an aromatic ring is 1. The Bertz CT molecular complexity index is 430. The number of nitriles is 1. The minimum atomic E-state index is -3.63. The molecule has 0 atom stereocenters. The van der Waals surface area contributed by atoms with E-state index < -0.39 is 15.8 Å². The summed E-state index contributed by atoms with van der Waals surface area (Å²) in [7, 11) is -3.63. The Balaban J connectivity index is 2.76. The van der Waals surface area contributed by atoms with Crippen molar-refractivity contribution >= 4 is 31.6 Å². The van der Waals surface area contributed by atoms with Crippen molar-refractivity contribution in [3.05, 3.63) is 0 Å². The van der Waals surface area contributed by atoms with Gasteiger partial charge in [0, 0.05) is 0 Å². The van der Waals surface area contributed by atoms with Crippen molar-refractivity contribution in [2.24, 2.45) is 0 Å². The molecule has 0 aliphatic carbocycles. The van der Waals surface area contributed by atoms with Crippen LogP contribution in [0.15, 0.2) is 0 Å². The molecule has 0 radical (unpaired) electrons. The molecule has 3 N–H and O–H groups in total. The third-order valence-corrected chi connectivity index (χ3v) is 2.75. The number of sulfonamides is 1. The fraction of sp³-hybridized carbons (Fsp3) is 0.250. The highest BCUT2D eigenvalue weighted by atomic mass is 32.2. The maximum absolute atomic E-state index is 11.0. The molecule has 1 heterocycles. The molecule has 0 saturated heterocycles. The summed E-state index contributed by atoms with van der Waals surface area (Å²) in [6, 6.07) is 1.51. The second-order valence-corrected chi connectivity index (χ2v) is 4.70. The first-order chi connectivity index (χ1) is 6.03. The first-order valence-corrected chi connectivity index (χ1v) is 5.47. The highest BCUT2D eigenvalue weighted by Crippen LogP contribution is 2.17. The van der Waals surface area contributed by atoms with Gasteiger partial charge in [0.2, 0.25) is 20.3 Å². The summed E-state index contributed by atoms with van der Waals surface area (Å²) in [5, 5.41) is 15.2. The van der Waals surface area contributed by atoms with Crippen LogP contribution in [0.5, 0.6) is 0 Å². The largest absolute Gasteiger partial charge is 0.374 e. The molecule has 0 aromatic carbocycles. The fourth-order valence-electron chi connectivity index (χ4n) is 0.530. The van der Waals surface area contributed by atoms with Crippen LogP contribution in [0.4, 0.5) is 10.3 Å². The number of hydrogen-bond donors (Lipinski definition) is 2. The van der Waals surface area contributed by atoms with Gasteiger partial charge in [0.25, 0.3) is 0 Å². The number of rotatable bonds is 3. The Kier molecular flexibility index (Phi) is 2.64. The molecule has 0 spiro atoms. The third-order valence-electron chi connectivity index (χ3n) is 0.938. The minimum Gasteiger partial charge on any atom is -0.374 e. The van der Waals surface area contributed by atoms with Crippen LogP contribution in [0.2, 0.25) is 0 Å². The zero-order valence-corrected chi connectivity index (χ0v) is 7.89. The normalized spacial score (nSPS) is 10.7. The summed E-state index contributed by atoms with van der Waals surface area (Å²) < 4.78 is 24.0. The molecule has 70 valence electrons. The van der Waals surface area contributed by atoms with Crippen LogP contribution in [0.3, 0.4) is 0 Å². The lowest BCUT2D eigenvalue weighted by Crippen LogP contribution is -2.15. The summed E-state index contributed by atoms with van der Waals surface area (Å²) in [5.74, 6) is -0.619. The number of aromatic nitrogens is 2. The molecule has 0 aliphatic rings. The molecule has 0 bridgehead atoms. The lowest BCUT2D eigenvalue weighted by Gasteiger charge is -1.97. The third kappa shape index (κ3) is 2.85. The minimum absolute atomic E-state index is 0.0627. The highest BCUT2D eigenvalue weighted by molar-refractivity contribution is 7.93. The van der Waals surface area contributed by atoms with Gasteiger partial charge >= 0.3 is 0 Å². The Hall–Kier alpha value is -1.40. The summed E-state index contributed by atoms with van der Waals surface area (Å²) in [6.07, 6.45) is 0. The number of nitrogens with one attached hydrogen (secondary N) is 1. The Labute approximate surface area is 78.3 Å². The van der Waals surface area contributed by atoms with Gasteiger partial charge in [-0.25, -0.2) is 8.42 Å². The van der Waals surface area contributed by atoms with Crippen molar-refractivity contribution in [3.63, 3.8) is 0 Å². The van der Waals surface area contributed by atoms with Gasteiger partial charge in [0.1, 0.15) is 0 Å².